The maximum absolute atomic E-state index is 12.9. The summed E-state index contributed by atoms with van der Waals surface area (Å²) < 4.78 is 38.3. The Balaban J connectivity index is 1.44. The topological polar surface area (TPSA) is 59.1 Å². The third-order valence-corrected chi connectivity index (χ3v) is 7.27. The van der Waals surface area contributed by atoms with Crippen LogP contribution in [0.4, 0.5) is 0 Å². The van der Waals surface area contributed by atoms with Crippen LogP contribution in [0.1, 0.15) is 16.7 Å². The fourth-order valence-electron chi connectivity index (χ4n) is 3.60. The molecule has 0 amide bonds. The molecule has 1 fully saturated rings. The van der Waals surface area contributed by atoms with Gasteiger partial charge in [0.1, 0.15) is 5.75 Å². The van der Waals surface area contributed by atoms with E-state index in [1.54, 1.807) is 16.4 Å². The van der Waals surface area contributed by atoms with Crippen LogP contribution in [-0.4, -0.2) is 50.6 Å². The zero-order valence-corrected chi connectivity index (χ0v) is 17.3. The molecule has 0 radical (unpaired) electrons. The van der Waals surface area contributed by atoms with E-state index >= 15 is 0 Å². The molecule has 4 rings (SSSR count). The molecule has 0 unspecified atom stereocenters. The third kappa shape index (κ3) is 4.04. The number of hydrogen-bond acceptors (Lipinski definition) is 5. The summed E-state index contributed by atoms with van der Waals surface area (Å²) in [5, 5.41) is 0.656. The highest BCUT2D eigenvalue weighted by Crippen LogP contribution is 2.32. The lowest BCUT2D eigenvalue weighted by molar-refractivity contribution is -0.0175. The maximum Gasteiger partial charge on any atom is 0.243 e. The number of benzene rings is 2. The van der Waals surface area contributed by atoms with E-state index in [1.807, 2.05) is 31.2 Å². The van der Waals surface area contributed by atoms with Gasteiger partial charge in [0.2, 0.25) is 10.0 Å². The van der Waals surface area contributed by atoms with Crippen LogP contribution in [0.15, 0.2) is 41.3 Å². The van der Waals surface area contributed by atoms with Crippen LogP contribution in [0.3, 0.4) is 0 Å². The van der Waals surface area contributed by atoms with Gasteiger partial charge in [-0.1, -0.05) is 29.3 Å². The maximum atomic E-state index is 12.9. The Bertz CT molecular complexity index is 955. The molecule has 2 aromatic rings. The molecule has 28 heavy (non-hydrogen) atoms. The molecule has 2 aromatic carbocycles. The number of fused-ring (bicyclic) bond motifs is 1. The van der Waals surface area contributed by atoms with Crippen molar-refractivity contribution in [2.45, 2.75) is 25.0 Å². The van der Waals surface area contributed by atoms with Gasteiger partial charge in [0.25, 0.3) is 0 Å². The van der Waals surface area contributed by atoms with Crippen molar-refractivity contribution in [3.8, 4) is 5.75 Å². The third-order valence-electron chi connectivity index (χ3n) is 5.14. The summed E-state index contributed by atoms with van der Waals surface area (Å²) in [6.45, 7) is 5.58. The van der Waals surface area contributed by atoms with E-state index in [0.29, 0.717) is 49.2 Å². The van der Waals surface area contributed by atoms with Gasteiger partial charge in [0, 0.05) is 48.9 Å². The summed E-state index contributed by atoms with van der Waals surface area (Å²) in [5.74, 6) is 0.838. The van der Waals surface area contributed by atoms with Crippen molar-refractivity contribution in [1.82, 2.24) is 9.21 Å². The van der Waals surface area contributed by atoms with E-state index < -0.39 is 10.0 Å². The van der Waals surface area contributed by atoms with Crippen LogP contribution in [0.5, 0.6) is 5.75 Å². The van der Waals surface area contributed by atoms with Gasteiger partial charge in [-0.3, -0.25) is 4.90 Å². The van der Waals surface area contributed by atoms with Crippen LogP contribution < -0.4 is 4.74 Å². The lowest BCUT2D eigenvalue weighted by atomic mass is 10.1. The summed E-state index contributed by atoms with van der Waals surface area (Å²) in [6, 6.07) is 10.8. The van der Waals surface area contributed by atoms with Crippen molar-refractivity contribution in [2.24, 2.45) is 0 Å². The molecular weight excluding hydrogens is 400 g/mol. The van der Waals surface area contributed by atoms with Gasteiger partial charge in [-0.25, -0.2) is 8.42 Å². The van der Waals surface area contributed by atoms with E-state index in [4.69, 9.17) is 21.1 Å². The zero-order valence-electron chi connectivity index (χ0n) is 15.7. The van der Waals surface area contributed by atoms with Crippen LogP contribution in [0.25, 0.3) is 0 Å². The first-order chi connectivity index (χ1) is 13.4. The number of piperazine rings is 1. The lowest BCUT2D eigenvalue weighted by Gasteiger charge is -2.34. The molecule has 1 saturated heterocycles. The number of ether oxygens (including phenoxy) is 2. The van der Waals surface area contributed by atoms with Crippen LogP contribution in [0, 0.1) is 6.92 Å². The molecule has 2 heterocycles. The van der Waals surface area contributed by atoms with Crippen LogP contribution in [-0.2, 0) is 27.9 Å². The molecule has 8 heteroatoms. The second-order valence-corrected chi connectivity index (χ2v) is 9.53. The molecule has 0 atom stereocenters. The lowest BCUT2D eigenvalue weighted by Crippen LogP contribution is -2.48. The number of hydrogen-bond donors (Lipinski definition) is 0. The molecular formula is C20H23ClN2O4S. The van der Waals surface area contributed by atoms with Crippen molar-refractivity contribution in [1.29, 1.82) is 0 Å². The van der Waals surface area contributed by atoms with E-state index in [1.165, 1.54) is 0 Å². The van der Waals surface area contributed by atoms with Crippen molar-refractivity contribution in [3.05, 3.63) is 58.1 Å². The average molecular weight is 423 g/mol. The Kier molecular flexibility index (Phi) is 5.62. The monoisotopic (exact) mass is 422 g/mol. The fraction of sp³-hybridized carbons (Fsp3) is 0.400. The number of halogens is 1. The zero-order chi connectivity index (χ0) is 19.7. The standard InChI is InChI=1S/C20H23ClN2O4S/c1-15-2-4-19(5-3-15)28(24,25)23-8-6-22(7-9-23)12-16-10-18(21)11-17-13-26-14-27-20(16)17/h2-5,10-11H,6-9,12-14H2,1H3. The minimum atomic E-state index is -3.45. The van der Waals surface area contributed by atoms with E-state index in [-0.39, 0.29) is 6.79 Å². The largest absolute Gasteiger partial charge is 0.467 e. The normalized spacial score (nSPS) is 18.5. The van der Waals surface area contributed by atoms with Gasteiger partial charge >= 0.3 is 0 Å². The van der Waals surface area contributed by atoms with Gasteiger partial charge in [-0.05, 0) is 31.2 Å². The first kappa shape index (κ1) is 19.7. The van der Waals surface area contributed by atoms with Gasteiger partial charge in [0.05, 0.1) is 11.5 Å². The molecule has 2 aliphatic heterocycles. The smallest absolute Gasteiger partial charge is 0.243 e. The summed E-state index contributed by atoms with van der Waals surface area (Å²) in [6.07, 6.45) is 0. The van der Waals surface area contributed by atoms with Crippen molar-refractivity contribution >= 4 is 21.6 Å². The Morgan fingerprint density at radius 1 is 1.07 bits per heavy atom. The first-order valence-corrected chi connectivity index (χ1v) is 11.1. The number of nitrogens with zero attached hydrogens (tertiary/aromatic N) is 2. The van der Waals surface area contributed by atoms with Crippen molar-refractivity contribution in [2.75, 3.05) is 33.0 Å². The molecule has 150 valence electrons. The number of aryl methyl sites for hydroxylation is 1. The molecule has 0 N–H and O–H groups in total. The minimum Gasteiger partial charge on any atom is -0.467 e. The second-order valence-electron chi connectivity index (χ2n) is 7.16. The molecule has 2 aliphatic rings. The van der Waals surface area contributed by atoms with E-state index in [9.17, 15) is 8.42 Å². The van der Waals surface area contributed by atoms with Crippen molar-refractivity contribution in [3.63, 3.8) is 0 Å². The predicted octanol–water partition coefficient (Wildman–Crippen LogP) is 3.02. The van der Waals surface area contributed by atoms with E-state index in [0.717, 1.165) is 22.4 Å². The highest BCUT2D eigenvalue weighted by Gasteiger charge is 2.29. The molecule has 0 saturated carbocycles. The quantitative estimate of drug-likeness (QED) is 0.758. The molecule has 0 aliphatic carbocycles. The Morgan fingerprint density at radius 2 is 1.79 bits per heavy atom. The summed E-state index contributed by atoms with van der Waals surface area (Å²) in [5.41, 5.74) is 3.01. The van der Waals surface area contributed by atoms with Gasteiger partial charge in [0.15, 0.2) is 6.79 Å². The van der Waals surface area contributed by atoms with Gasteiger partial charge < -0.3 is 9.47 Å². The summed E-state index contributed by atoms with van der Waals surface area (Å²) in [7, 11) is -3.45. The first-order valence-electron chi connectivity index (χ1n) is 9.24. The van der Waals surface area contributed by atoms with E-state index in [2.05, 4.69) is 4.90 Å². The summed E-state index contributed by atoms with van der Waals surface area (Å²) in [4.78, 5) is 2.58. The van der Waals surface area contributed by atoms with Crippen LogP contribution >= 0.6 is 11.6 Å². The highest BCUT2D eigenvalue weighted by atomic mass is 35.5. The van der Waals surface area contributed by atoms with Gasteiger partial charge in [-0.2, -0.15) is 4.31 Å². The fourth-order valence-corrected chi connectivity index (χ4v) is 5.29. The minimum absolute atomic E-state index is 0.240. The molecule has 0 spiro atoms. The number of sulfonamides is 1. The Hall–Kier alpha value is -1.64. The van der Waals surface area contributed by atoms with Gasteiger partial charge in [-0.15, -0.1) is 0 Å². The molecule has 6 nitrogen and oxygen atoms in total. The molecule has 0 bridgehead atoms. The second kappa shape index (κ2) is 8.00. The summed E-state index contributed by atoms with van der Waals surface area (Å²) >= 11 is 6.24. The predicted molar refractivity (Wildman–Crippen MR) is 107 cm³/mol. The molecule has 0 aromatic heterocycles. The van der Waals surface area contributed by atoms with Crippen LogP contribution in [0.2, 0.25) is 5.02 Å². The highest BCUT2D eigenvalue weighted by molar-refractivity contribution is 7.89. The number of rotatable bonds is 4. The Labute approximate surface area is 170 Å². The SMILES string of the molecule is Cc1ccc(S(=O)(=O)N2CCN(Cc3cc(Cl)cc4c3OCOC4)CC2)cc1. The van der Waals surface area contributed by atoms with Crippen molar-refractivity contribution < 1.29 is 17.9 Å². The average Bonchev–Trinajstić information content (AvgIpc) is 2.68. The Morgan fingerprint density at radius 3 is 2.50 bits per heavy atom.